The molecule has 0 heterocycles. The maximum atomic E-state index is 12.8. The monoisotopic (exact) mass is 220 g/mol. The van der Waals surface area contributed by atoms with Crippen LogP contribution in [0.1, 0.15) is 0 Å². The lowest BCUT2D eigenvalue weighted by atomic mass is 10.3. The van der Waals surface area contributed by atoms with Crippen molar-refractivity contribution in [3.05, 3.63) is 24.0 Å². The first kappa shape index (κ1) is 10.9. The minimum Gasteiger partial charge on any atom is -0.495 e. The Morgan fingerprint density at radius 2 is 2.14 bits per heavy atom. The van der Waals surface area contributed by atoms with Gasteiger partial charge in [0.2, 0.25) is 0 Å². The van der Waals surface area contributed by atoms with Gasteiger partial charge in [0, 0.05) is 0 Å². The molecule has 0 amide bonds. The molecule has 0 saturated heterocycles. The predicted octanol–water partition coefficient (Wildman–Crippen LogP) is -0.0137. The zero-order valence-electron chi connectivity index (χ0n) is 7.32. The second-order valence-electron chi connectivity index (χ2n) is 2.42. The molecule has 0 aromatic heterocycles. The van der Waals surface area contributed by atoms with Crippen molar-refractivity contribution in [1.82, 2.24) is 4.83 Å². The molecule has 0 spiro atoms. The van der Waals surface area contributed by atoms with Crippen molar-refractivity contribution >= 4 is 10.0 Å². The SMILES string of the molecule is COc1ccc(F)cc1S(=O)(=O)NN. The number of ether oxygens (including phenoxy) is 1. The number of sulfonamides is 1. The molecule has 0 fully saturated rings. The number of nitrogens with two attached hydrogens (primary N) is 1. The number of hydrogen-bond acceptors (Lipinski definition) is 4. The third-order valence-corrected chi connectivity index (χ3v) is 2.78. The third-order valence-electron chi connectivity index (χ3n) is 1.57. The minimum absolute atomic E-state index is 0.0318. The number of methoxy groups -OCH3 is 1. The van der Waals surface area contributed by atoms with Crippen LogP contribution in [0.3, 0.4) is 0 Å². The van der Waals surface area contributed by atoms with E-state index in [9.17, 15) is 12.8 Å². The number of rotatable bonds is 3. The fraction of sp³-hybridized carbons (Fsp3) is 0.143. The summed E-state index contributed by atoms with van der Waals surface area (Å²) in [6, 6.07) is 3.13. The van der Waals surface area contributed by atoms with Gasteiger partial charge in [-0.15, -0.1) is 4.83 Å². The van der Waals surface area contributed by atoms with Crippen LogP contribution < -0.4 is 15.4 Å². The smallest absolute Gasteiger partial charge is 0.256 e. The summed E-state index contributed by atoms with van der Waals surface area (Å²) < 4.78 is 40.0. The number of hydrogen-bond donors (Lipinski definition) is 2. The highest BCUT2D eigenvalue weighted by Gasteiger charge is 2.18. The molecule has 0 aliphatic rings. The van der Waals surface area contributed by atoms with Gasteiger partial charge in [-0.1, -0.05) is 0 Å². The van der Waals surface area contributed by atoms with Crippen LogP contribution in [0.15, 0.2) is 23.1 Å². The van der Waals surface area contributed by atoms with E-state index in [1.807, 2.05) is 0 Å². The van der Waals surface area contributed by atoms with Crippen LogP contribution in [0.2, 0.25) is 0 Å². The molecule has 0 saturated carbocycles. The Morgan fingerprint density at radius 1 is 1.50 bits per heavy atom. The van der Waals surface area contributed by atoms with E-state index in [0.717, 1.165) is 12.1 Å². The van der Waals surface area contributed by atoms with Gasteiger partial charge in [-0.3, -0.25) is 5.84 Å². The number of hydrazine groups is 1. The Morgan fingerprint density at radius 3 is 2.64 bits per heavy atom. The molecule has 14 heavy (non-hydrogen) atoms. The third kappa shape index (κ3) is 2.00. The minimum atomic E-state index is -3.90. The van der Waals surface area contributed by atoms with E-state index in [1.165, 1.54) is 13.2 Å². The van der Waals surface area contributed by atoms with Crippen LogP contribution in [0, 0.1) is 5.82 Å². The molecule has 1 aromatic carbocycles. The summed E-state index contributed by atoms with van der Waals surface area (Å²) in [5.74, 6) is 4.15. The lowest BCUT2D eigenvalue weighted by molar-refractivity contribution is 0.400. The molecule has 0 bridgehead atoms. The average molecular weight is 220 g/mol. The molecule has 7 heteroatoms. The molecule has 0 radical (unpaired) electrons. The second kappa shape index (κ2) is 3.91. The van der Waals surface area contributed by atoms with Crippen molar-refractivity contribution in [1.29, 1.82) is 0 Å². The standard InChI is InChI=1S/C7H9FN2O3S/c1-13-6-3-2-5(8)4-7(6)14(11,12)10-9/h2-4,10H,9H2,1H3. The predicted molar refractivity (Wildman–Crippen MR) is 47.5 cm³/mol. The molecule has 3 N–H and O–H groups in total. The van der Waals surface area contributed by atoms with E-state index >= 15 is 0 Å². The van der Waals surface area contributed by atoms with Crippen LogP contribution in [0.5, 0.6) is 5.75 Å². The lowest BCUT2D eigenvalue weighted by Gasteiger charge is -2.07. The fourth-order valence-electron chi connectivity index (χ4n) is 0.924. The Labute approximate surface area is 80.7 Å². The highest BCUT2D eigenvalue weighted by molar-refractivity contribution is 7.89. The van der Waals surface area contributed by atoms with Gasteiger partial charge in [0.25, 0.3) is 10.0 Å². The molecule has 0 unspecified atom stereocenters. The summed E-state index contributed by atoms with van der Waals surface area (Å²) in [5.41, 5.74) is 0. The van der Waals surface area contributed by atoms with Crippen LogP contribution in [0.25, 0.3) is 0 Å². The lowest BCUT2D eigenvalue weighted by Crippen LogP contribution is -2.30. The van der Waals surface area contributed by atoms with E-state index < -0.39 is 15.8 Å². The van der Waals surface area contributed by atoms with Crippen molar-refractivity contribution < 1.29 is 17.5 Å². The molecule has 5 nitrogen and oxygen atoms in total. The van der Waals surface area contributed by atoms with Crippen LogP contribution >= 0.6 is 0 Å². The van der Waals surface area contributed by atoms with Gasteiger partial charge >= 0.3 is 0 Å². The number of nitrogens with one attached hydrogen (secondary N) is 1. The number of halogens is 1. The molecular formula is C7H9FN2O3S. The van der Waals surface area contributed by atoms with Crippen LogP contribution in [0.4, 0.5) is 4.39 Å². The van der Waals surface area contributed by atoms with Crippen molar-refractivity contribution in [3.63, 3.8) is 0 Å². The van der Waals surface area contributed by atoms with E-state index in [2.05, 4.69) is 0 Å². The van der Waals surface area contributed by atoms with Gasteiger partial charge in [0.1, 0.15) is 16.5 Å². The summed E-state index contributed by atoms with van der Waals surface area (Å²) in [5, 5.41) is 0. The van der Waals surface area contributed by atoms with Gasteiger partial charge in [-0.25, -0.2) is 12.8 Å². The summed E-state index contributed by atoms with van der Waals surface area (Å²) in [7, 11) is -2.62. The first-order valence-corrected chi connectivity index (χ1v) is 5.05. The molecule has 1 rings (SSSR count). The summed E-state index contributed by atoms with van der Waals surface area (Å²) >= 11 is 0. The zero-order chi connectivity index (χ0) is 10.8. The zero-order valence-corrected chi connectivity index (χ0v) is 8.14. The van der Waals surface area contributed by atoms with Gasteiger partial charge < -0.3 is 4.74 Å². The normalized spacial score (nSPS) is 11.4. The van der Waals surface area contributed by atoms with Gasteiger partial charge in [0.15, 0.2) is 0 Å². The highest BCUT2D eigenvalue weighted by Crippen LogP contribution is 2.23. The van der Waals surface area contributed by atoms with Gasteiger partial charge in [-0.2, -0.15) is 0 Å². The Kier molecular flexibility index (Phi) is 3.04. The molecule has 0 atom stereocenters. The summed E-state index contributed by atoms with van der Waals surface area (Å²) in [4.78, 5) is 1.25. The second-order valence-corrected chi connectivity index (χ2v) is 4.10. The molecule has 0 aliphatic carbocycles. The van der Waals surface area contributed by atoms with Crippen molar-refractivity contribution in [2.24, 2.45) is 5.84 Å². The number of benzene rings is 1. The Bertz CT molecular complexity index is 433. The van der Waals surface area contributed by atoms with E-state index in [0.29, 0.717) is 0 Å². The Balaban J connectivity index is 3.39. The van der Waals surface area contributed by atoms with Crippen molar-refractivity contribution in [2.45, 2.75) is 4.90 Å². The quantitative estimate of drug-likeness (QED) is 0.554. The maximum Gasteiger partial charge on any atom is 0.256 e. The first-order chi connectivity index (χ1) is 6.51. The van der Waals surface area contributed by atoms with Crippen LogP contribution in [-0.4, -0.2) is 15.5 Å². The average Bonchev–Trinajstić information content (AvgIpc) is 2.18. The van der Waals surface area contributed by atoms with E-state index in [1.54, 1.807) is 4.83 Å². The molecule has 78 valence electrons. The maximum absolute atomic E-state index is 12.8. The largest absolute Gasteiger partial charge is 0.495 e. The molecular weight excluding hydrogens is 211 g/mol. The fourth-order valence-corrected chi connectivity index (χ4v) is 1.73. The van der Waals surface area contributed by atoms with Gasteiger partial charge in [-0.05, 0) is 18.2 Å². The van der Waals surface area contributed by atoms with Crippen molar-refractivity contribution in [3.8, 4) is 5.75 Å². The van der Waals surface area contributed by atoms with E-state index in [-0.39, 0.29) is 10.6 Å². The van der Waals surface area contributed by atoms with Crippen molar-refractivity contribution in [2.75, 3.05) is 7.11 Å². The highest BCUT2D eigenvalue weighted by atomic mass is 32.2. The van der Waals surface area contributed by atoms with E-state index in [4.69, 9.17) is 10.6 Å². The molecule has 0 aliphatic heterocycles. The topological polar surface area (TPSA) is 81.4 Å². The van der Waals surface area contributed by atoms with Gasteiger partial charge in [0.05, 0.1) is 7.11 Å². The molecule has 1 aromatic rings. The Hall–Kier alpha value is -1.18. The van der Waals surface area contributed by atoms with Crippen LogP contribution in [-0.2, 0) is 10.0 Å². The summed E-state index contributed by atoms with van der Waals surface area (Å²) in [6.07, 6.45) is 0. The summed E-state index contributed by atoms with van der Waals surface area (Å²) in [6.45, 7) is 0. The first-order valence-electron chi connectivity index (χ1n) is 3.57.